The predicted octanol–water partition coefficient (Wildman–Crippen LogP) is 5.49. The van der Waals surface area contributed by atoms with Gasteiger partial charge in [0.05, 0.1) is 17.0 Å². The molecule has 3 aromatic heterocycles. The summed E-state index contributed by atoms with van der Waals surface area (Å²) in [5.41, 5.74) is 5.55. The van der Waals surface area contributed by atoms with E-state index in [0.717, 1.165) is 46.6 Å². The van der Waals surface area contributed by atoms with Crippen molar-refractivity contribution in [2.45, 2.75) is 32.1 Å². The maximum absolute atomic E-state index is 12.9. The van der Waals surface area contributed by atoms with Crippen molar-refractivity contribution in [2.75, 3.05) is 0 Å². The number of carbonyl (C=O) groups is 1. The molecule has 0 saturated carbocycles. The third-order valence-electron chi connectivity index (χ3n) is 7.80. The zero-order valence-electron chi connectivity index (χ0n) is 20.2. The molecule has 3 atom stereocenters. The molecule has 176 valence electrons. The monoisotopic (exact) mass is 471 g/mol. The van der Waals surface area contributed by atoms with Crippen LogP contribution < -0.4 is 0 Å². The van der Waals surface area contributed by atoms with Crippen molar-refractivity contribution in [3.63, 3.8) is 0 Å². The fourth-order valence-corrected chi connectivity index (χ4v) is 6.03. The van der Waals surface area contributed by atoms with Gasteiger partial charge in [0.15, 0.2) is 11.6 Å². The molecular formula is C30H25N5O. The van der Waals surface area contributed by atoms with Crippen LogP contribution in [0.5, 0.6) is 0 Å². The van der Waals surface area contributed by atoms with Crippen molar-refractivity contribution in [3.05, 3.63) is 96.0 Å². The van der Waals surface area contributed by atoms with Crippen molar-refractivity contribution in [1.29, 1.82) is 5.26 Å². The van der Waals surface area contributed by atoms with Gasteiger partial charge in [-0.15, -0.1) is 0 Å². The van der Waals surface area contributed by atoms with Gasteiger partial charge in [0, 0.05) is 34.9 Å². The van der Waals surface area contributed by atoms with Gasteiger partial charge in [-0.2, -0.15) is 10.4 Å². The number of hydrogen-bond acceptors (Lipinski definition) is 5. The Morgan fingerprint density at radius 1 is 1.03 bits per heavy atom. The highest BCUT2D eigenvalue weighted by Crippen LogP contribution is 2.51. The number of carbonyl (C=O) groups excluding carboxylic acids is 1. The molecule has 2 aliphatic rings. The molecule has 1 aromatic carbocycles. The fraction of sp³-hybridized carbons (Fsp3) is 0.233. The number of nitrogens with zero attached hydrogens (tertiary/aromatic N) is 5. The van der Waals surface area contributed by atoms with Crippen LogP contribution in [0.1, 0.15) is 31.5 Å². The Labute approximate surface area is 210 Å². The third kappa shape index (κ3) is 3.31. The zero-order valence-corrected chi connectivity index (χ0v) is 20.2. The van der Waals surface area contributed by atoms with Crippen LogP contribution in [0.4, 0.5) is 0 Å². The molecule has 6 heteroatoms. The van der Waals surface area contributed by atoms with Crippen molar-refractivity contribution in [2.24, 2.45) is 11.8 Å². The Hall–Kier alpha value is -4.37. The average molecular weight is 472 g/mol. The Balaban J connectivity index is 1.57. The van der Waals surface area contributed by atoms with Gasteiger partial charge in [0.1, 0.15) is 11.8 Å². The molecule has 0 fully saturated rings. The summed E-state index contributed by atoms with van der Waals surface area (Å²) in [6.45, 7) is 4.09. The lowest BCUT2D eigenvalue weighted by Crippen LogP contribution is -2.46. The molecule has 2 aliphatic carbocycles. The number of rotatable bonds is 3. The van der Waals surface area contributed by atoms with Crippen molar-refractivity contribution < 1.29 is 4.79 Å². The number of ketones is 1. The van der Waals surface area contributed by atoms with E-state index in [-0.39, 0.29) is 23.2 Å². The van der Waals surface area contributed by atoms with Gasteiger partial charge in [-0.25, -0.2) is 9.67 Å². The minimum Gasteiger partial charge on any atom is -0.293 e. The molecule has 0 spiro atoms. The van der Waals surface area contributed by atoms with E-state index in [9.17, 15) is 10.1 Å². The molecule has 0 saturated heterocycles. The van der Waals surface area contributed by atoms with Gasteiger partial charge < -0.3 is 0 Å². The number of fused-ring (bicyclic) bond motifs is 3. The highest BCUT2D eigenvalue weighted by Gasteiger charge is 2.51. The minimum absolute atomic E-state index is 0.0650. The summed E-state index contributed by atoms with van der Waals surface area (Å²) in [5, 5.41) is 14.8. The molecule has 3 heterocycles. The van der Waals surface area contributed by atoms with E-state index in [2.05, 4.69) is 36.2 Å². The molecule has 0 amide bonds. The second-order valence-corrected chi connectivity index (χ2v) is 9.82. The number of allylic oxidation sites excluding steroid dienone is 2. The first kappa shape index (κ1) is 22.1. The molecular weight excluding hydrogens is 446 g/mol. The van der Waals surface area contributed by atoms with Gasteiger partial charge in [0.2, 0.25) is 0 Å². The molecule has 4 aromatic rings. The van der Waals surface area contributed by atoms with E-state index in [1.165, 1.54) is 0 Å². The summed E-state index contributed by atoms with van der Waals surface area (Å²) in [6.07, 6.45) is 7.15. The molecule has 36 heavy (non-hydrogen) atoms. The molecule has 0 bridgehead atoms. The summed E-state index contributed by atoms with van der Waals surface area (Å²) in [6, 6.07) is 22.2. The van der Waals surface area contributed by atoms with Crippen LogP contribution in [0.15, 0.2) is 84.7 Å². The first-order chi connectivity index (χ1) is 17.5. The van der Waals surface area contributed by atoms with E-state index in [1.807, 2.05) is 66.3 Å². The summed E-state index contributed by atoms with van der Waals surface area (Å²) in [7, 11) is 0. The molecule has 0 radical (unpaired) electrons. The normalized spacial score (nSPS) is 22.8. The van der Waals surface area contributed by atoms with Crippen LogP contribution in [-0.4, -0.2) is 25.5 Å². The van der Waals surface area contributed by atoms with E-state index >= 15 is 0 Å². The van der Waals surface area contributed by atoms with Crippen molar-refractivity contribution in [1.82, 2.24) is 19.7 Å². The van der Waals surface area contributed by atoms with Crippen LogP contribution in [0.25, 0.3) is 28.3 Å². The first-order valence-corrected chi connectivity index (χ1v) is 12.2. The topological polar surface area (TPSA) is 84.5 Å². The molecule has 6 rings (SSSR count). The zero-order chi connectivity index (χ0) is 24.9. The second-order valence-electron chi connectivity index (χ2n) is 9.82. The van der Waals surface area contributed by atoms with Gasteiger partial charge in [-0.05, 0) is 48.6 Å². The standard InChI is InChI=1S/C30H25N5O/c1-19-24-13-12-23-27(25-10-6-7-15-32-25)34-35(29(23)30(24,2)16-22(17-31)28(19)36)26-14-11-21(18-33-26)20-8-4-3-5-9-20/h3-11,14-16,18-19,24H,12-13H2,1-2H3/t19-,24-,30-/m1/s1. The minimum atomic E-state index is -0.536. The van der Waals surface area contributed by atoms with Crippen LogP contribution >= 0.6 is 0 Å². The number of Topliss-reactive ketones (excluding diaryl/α,β-unsaturated/α-hetero) is 1. The largest absolute Gasteiger partial charge is 0.293 e. The Kier molecular flexibility index (Phi) is 5.15. The van der Waals surface area contributed by atoms with E-state index in [4.69, 9.17) is 10.1 Å². The van der Waals surface area contributed by atoms with Crippen LogP contribution in [0.2, 0.25) is 0 Å². The number of aromatic nitrogens is 4. The highest BCUT2D eigenvalue weighted by molar-refractivity contribution is 6.02. The lowest BCUT2D eigenvalue weighted by Gasteiger charge is -2.45. The average Bonchev–Trinajstić information content (AvgIpc) is 3.33. The number of benzene rings is 1. The predicted molar refractivity (Wildman–Crippen MR) is 137 cm³/mol. The summed E-state index contributed by atoms with van der Waals surface area (Å²) < 4.78 is 1.91. The summed E-state index contributed by atoms with van der Waals surface area (Å²) >= 11 is 0. The van der Waals surface area contributed by atoms with Crippen molar-refractivity contribution >= 4 is 5.78 Å². The lowest BCUT2D eigenvalue weighted by atomic mass is 9.58. The van der Waals surface area contributed by atoms with Crippen molar-refractivity contribution in [3.8, 4) is 34.4 Å². The smallest absolute Gasteiger partial charge is 0.176 e. The van der Waals surface area contributed by atoms with E-state index in [0.29, 0.717) is 5.82 Å². The fourth-order valence-electron chi connectivity index (χ4n) is 6.03. The van der Waals surface area contributed by atoms with E-state index < -0.39 is 5.41 Å². The Bertz CT molecular complexity index is 1530. The number of pyridine rings is 2. The Morgan fingerprint density at radius 3 is 2.53 bits per heavy atom. The van der Waals surface area contributed by atoms with Crippen LogP contribution in [0, 0.1) is 23.2 Å². The van der Waals surface area contributed by atoms with Gasteiger partial charge in [0.25, 0.3) is 0 Å². The summed E-state index contributed by atoms with van der Waals surface area (Å²) in [5.74, 6) is 0.472. The van der Waals surface area contributed by atoms with Crippen LogP contribution in [-0.2, 0) is 16.6 Å². The first-order valence-electron chi connectivity index (χ1n) is 12.2. The second kappa shape index (κ2) is 8.39. The van der Waals surface area contributed by atoms with Crippen LogP contribution in [0.3, 0.4) is 0 Å². The van der Waals surface area contributed by atoms with Gasteiger partial charge in [-0.3, -0.25) is 9.78 Å². The SMILES string of the molecule is C[C@H]1C(=O)C(C#N)=C[C@@]2(C)c3c(c(-c4ccccn4)nn3-c3ccc(-c4ccccc4)cn3)CC[C@H]12. The lowest BCUT2D eigenvalue weighted by molar-refractivity contribution is -0.121. The summed E-state index contributed by atoms with van der Waals surface area (Å²) in [4.78, 5) is 22.3. The number of hydrogen-bond donors (Lipinski definition) is 0. The molecule has 6 nitrogen and oxygen atoms in total. The highest BCUT2D eigenvalue weighted by atomic mass is 16.1. The number of nitriles is 1. The quantitative estimate of drug-likeness (QED) is 0.395. The molecule has 0 aliphatic heterocycles. The maximum atomic E-state index is 12.9. The molecule has 0 N–H and O–H groups in total. The Morgan fingerprint density at radius 2 is 1.83 bits per heavy atom. The van der Waals surface area contributed by atoms with Gasteiger partial charge >= 0.3 is 0 Å². The van der Waals surface area contributed by atoms with Gasteiger partial charge in [-0.1, -0.05) is 56.3 Å². The maximum Gasteiger partial charge on any atom is 0.176 e. The third-order valence-corrected chi connectivity index (χ3v) is 7.80. The van der Waals surface area contributed by atoms with E-state index in [1.54, 1.807) is 6.20 Å². The molecule has 0 unspecified atom stereocenters.